The Labute approximate surface area is 209 Å². The molecule has 4 aromatic rings. The summed E-state index contributed by atoms with van der Waals surface area (Å²) in [6.07, 6.45) is 0. The Hall–Kier alpha value is -2.54. The Balaban J connectivity index is 1.31. The lowest BCUT2D eigenvalue weighted by Crippen LogP contribution is -2.45. The monoisotopic (exact) mass is 520 g/mol. The van der Waals surface area contributed by atoms with E-state index in [1.165, 1.54) is 28.3 Å². The number of benzene rings is 3. The van der Waals surface area contributed by atoms with Crippen LogP contribution in [-0.2, 0) is 19.6 Å². The third-order valence-corrected chi connectivity index (χ3v) is 7.29. The molecule has 0 amide bonds. The molecule has 0 saturated carbocycles. The first-order valence-corrected chi connectivity index (χ1v) is 12.6. The van der Waals surface area contributed by atoms with Crippen LogP contribution in [0, 0.1) is 19.7 Å². The lowest BCUT2D eigenvalue weighted by Gasteiger charge is -2.34. The second kappa shape index (κ2) is 9.98. The van der Waals surface area contributed by atoms with Gasteiger partial charge in [-0.2, -0.15) is 0 Å². The Morgan fingerprint density at radius 3 is 2.35 bits per heavy atom. The third-order valence-electron chi connectivity index (χ3n) is 6.80. The maximum atomic E-state index is 14.2. The molecule has 0 unspecified atom stereocenters. The molecule has 1 aliphatic rings. The fourth-order valence-electron chi connectivity index (χ4n) is 4.77. The zero-order chi connectivity index (χ0) is 23.7. The van der Waals surface area contributed by atoms with Crippen LogP contribution in [0.4, 0.5) is 4.39 Å². The van der Waals surface area contributed by atoms with Gasteiger partial charge in [0.2, 0.25) is 0 Å². The van der Waals surface area contributed by atoms with Crippen molar-refractivity contribution >= 4 is 27.0 Å². The SMILES string of the molecule is Cc1ccc(C)c(Cn2c(CN3CCN(Cc4cc(Br)ccc4F)CC3)nc3ccccc32)c1. The maximum absolute atomic E-state index is 14.2. The zero-order valence-corrected chi connectivity index (χ0v) is 21.4. The predicted octanol–water partition coefficient (Wildman–Crippen LogP) is 5.92. The molecule has 3 aromatic carbocycles. The van der Waals surface area contributed by atoms with Gasteiger partial charge in [0, 0.05) is 49.3 Å². The van der Waals surface area contributed by atoms with Gasteiger partial charge in [-0.1, -0.05) is 51.8 Å². The van der Waals surface area contributed by atoms with Crippen LogP contribution in [0.15, 0.2) is 65.1 Å². The molecule has 1 aromatic heterocycles. The van der Waals surface area contributed by atoms with Crippen molar-refractivity contribution in [1.29, 1.82) is 0 Å². The number of imidazole rings is 1. The van der Waals surface area contributed by atoms with Gasteiger partial charge in [-0.05, 0) is 55.3 Å². The highest BCUT2D eigenvalue weighted by Gasteiger charge is 2.21. The minimum atomic E-state index is -0.134. The van der Waals surface area contributed by atoms with E-state index in [2.05, 4.69) is 86.6 Å². The topological polar surface area (TPSA) is 24.3 Å². The van der Waals surface area contributed by atoms with Gasteiger partial charge < -0.3 is 4.57 Å². The largest absolute Gasteiger partial charge is 0.322 e. The van der Waals surface area contributed by atoms with E-state index in [-0.39, 0.29) is 5.82 Å². The molecule has 6 heteroatoms. The first-order valence-electron chi connectivity index (χ1n) is 11.9. The van der Waals surface area contributed by atoms with Crippen LogP contribution < -0.4 is 0 Å². The van der Waals surface area contributed by atoms with E-state index in [0.717, 1.165) is 60.6 Å². The van der Waals surface area contributed by atoms with Gasteiger partial charge in [-0.25, -0.2) is 9.37 Å². The number of aromatic nitrogens is 2. The average Bonchev–Trinajstić information content (AvgIpc) is 3.17. The fourth-order valence-corrected chi connectivity index (χ4v) is 5.18. The normalized spacial score (nSPS) is 15.3. The summed E-state index contributed by atoms with van der Waals surface area (Å²) in [6.45, 7) is 10.3. The van der Waals surface area contributed by atoms with E-state index in [4.69, 9.17) is 4.98 Å². The van der Waals surface area contributed by atoms with Gasteiger partial charge in [0.05, 0.1) is 17.6 Å². The van der Waals surface area contributed by atoms with E-state index in [1.807, 2.05) is 6.07 Å². The molecule has 34 heavy (non-hydrogen) atoms. The maximum Gasteiger partial charge on any atom is 0.127 e. The summed E-state index contributed by atoms with van der Waals surface area (Å²) in [5.74, 6) is 0.972. The molecule has 4 nitrogen and oxygen atoms in total. The summed E-state index contributed by atoms with van der Waals surface area (Å²) in [4.78, 5) is 9.82. The van der Waals surface area contributed by atoms with Gasteiger partial charge in [-0.15, -0.1) is 0 Å². The van der Waals surface area contributed by atoms with Crippen molar-refractivity contribution in [2.24, 2.45) is 0 Å². The molecular weight excluding hydrogens is 491 g/mol. The van der Waals surface area contributed by atoms with Gasteiger partial charge in [-0.3, -0.25) is 9.80 Å². The van der Waals surface area contributed by atoms with E-state index in [9.17, 15) is 4.39 Å². The van der Waals surface area contributed by atoms with Crippen LogP contribution in [0.5, 0.6) is 0 Å². The van der Waals surface area contributed by atoms with Crippen LogP contribution in [-0.4, -0.2) is 45.5 Å². The molecule has 1 saturated heterocycles. The number of piperazine rings is 1. The standard InChI is InChI=1S/C28H30BrFN4/c1-20-7-8-21(2)22(15-20)18-34-27-6-4-3-5-26(27)31-28(34)19-33-13-11-32(12-14-33)17-23-16-24(29)9-10-25(23)30/h3-10,15-16H,11-14,17-19H2,1-2H3. The quantitative estimate of drug-likeness (QED) is 0.315. The first-order chi connectivity index (χ1) is 16.5. The average molecular weight is 521 g/mol. The van der Waals surface area contributed by atoms with Gasteiger partial charge in [0.1, 0.15) is 11.6 Å². The van der Waals surface area contributed by atoms with E-state index in [0.29, 0.717) is 6.54 Å². The first kappa shape index (κ1) is 23.2. The van der Waals surface area contributed by atoms with Crippen molar-refractivity contribution in [3.63, 3.8) is 0 Å². The highest BCUT2D eigenvalue weighted by Crippen LogP contribution is 2.22. The summed E-state index contributed by atoms with van der Waals surface area (Å²) in [6, 6.07) is 20.3. The summed E-state index contributed by atoms with van der Waals surface area (Å²) >= 11 is 3.46. The van der Waals surface area contributed by atoms with Crippen molar-refractivity contribution in [3.05, 3.63) is 99.0 Å². The molecule has 2 heterocycles. The number of rotatable bonds is 6. The van der Waals surface area contributed by atoms with Crippen molar-refractivity contribution < 1.29 is 4.39 Å². The number of fused-ring (bicyclic) bond motifs is 1. The molecule has 5 rings (SSSR count). The minimum Gasteiger partial charge on any atom is -0.322 e. The Morgan fingerprint density at radius 1 is 0.824 bits per heavy atom. The second-order valence-electron chi connectivity index (χ2n) is 9.32. The van der Waals surface area contributed by atoms with Crippen LogP contribution in [0.25, 0.3) is 11.0 Å². The van der Waals surface area contributed by atoms with Crippen LogP contribution in [0.3, 0.4) is 0 Å². The zero-order valence-electron chi connectivity index (χ0n) is 19.8. The minimum absolute atomic E-state index is 0.134. The number of para-hydroxylation sites is 2. The summed E-state index contributed by atoms with van der Waals surface area (Å²) in [5.41, 5.74) is 6.91. The molecule has 0 bridgehead atoms. The Bertz CT molecular complexity index is 1310. The lowest BCUT2D eigenvalue weighted by atomic mass is 10.1. The number of aryl methyl sites for hydroxylation is 2. The predicted molar refractivity (Wildman–Crippen MR) is 139 cm³/mol. The summed E-state index contributed by atoms with van der Waals surface area (Å²) in [7, 11) is 0. The van der Waals surface area contributed by atoms with Crippen molar-refractivity contribution in [3.8, 4) is 0 Å². The molecule has 0 spiro atoms. The van der Waals surface area contributed by atoms with Crippen LogP contribution in [0.1, 0.15) is 28.1 Å². The second-order valence-corrected chi connectivity index (χ2v) is 10.2. The molecule has 0 aliphatic carbocycles. The van der Waals surface area contributed by atoms with Crippen LogP contribution in [0.2, 0.25) is 0 Å². The fraction of sp³-hybridized carbons (Fsp3) is 0.321. The Kier molecular flexibility index (Phi) is 6.82. The lowest BCUT2D eigenvalue weighted by molar-refractivity contribution is 0.118. The molecule has 0 N–H and O–H groups in total. The molecule has 1 fully saturated rings. The number of hydrogen-bond donors (Lipinski definition) is 0. The number of halogens is 2. The molecule has 0 radical (unpaired) electrons. The van der Waals surface area contributed by atoms with Crippen molar-refractivity contribution in [2.45, 2.75) is 33.5 Å². The van der Waals surface area contributed by atoms with E-state index >= 15 is 0 Å². The molecular formula is C28H30BrFN4. The van der Waals surface area contributed by atoms with Crippen molar-refractivity contribution in [2.75, 3.05) is 26.2 Å². The molecule has 0 atom stereocenters. The molecule has 1 aliphatic heterocycles. The molecule has 176 valence electrons. The van der Waals surface area contributed by atoms with E-state index in [1.54, 1.807) is 6.07 Å². The smallest absolute Gasteiger partial charge is 0.127 e. The van der Waals surface area contributed by atoms with Gasteiger partial charge >= 0.3 is 0 Å². The highest BCUT2D eigenvalue weighted by atomic mass is 79.9. The third kappa shape index (κ3) is 5.09. The number of nitrogens with zero attached hydrogens (tertiary/aromatic N) is 4. The van der Waals surface area contributed by atoms with Gasteiger partial charge in [0.25, 0.3) is 0 Å². The Morgan fingerprint density at radius 2 is 1.56 bits per heavy atom. The van der Waals surface area contributed by atoms with Crippen molar-refractivity contribution in [1.82, 2.24) is 19.4 Å². The highest BCUT2D eigenvalue weighted by molar-refractivity contribution is 9.10. The van der Waals surface area contributed by atoms with Crippen LogP contribution >= 0.6 is 15.9 Å². The summed E-state index contributed by atoms with van der Waals surface area (Å²) < 4.78 is 17.5. The van der Waals surface area contributed by atoms with E-state index < -0.39 is 0 Å². The number of hydrogen-bond acceptors (Lipinski definition) is 3. The summed E-state index contributed by atoms with van der Waals surface area (Å²) in [5, 5.41) is 0. The van der Waals surface area contributed by atoms with Gasteiger partial charge in [0.15, 0.2) is 0 Å².